The van der Waals surface area contributed by atoms with E-state index in [2.05, 4.69) is 9.97 Å². The summed E-state index contributed by atoms with van der Waals surface area (Å²) in [5.41, 5.74) is 1.08. The molecule has 4 aromatic rings. The van der Waals surface area contributed by atoms with Gasteiger partial charge >= 0.3 is 0 Å². The predicted molar refractivity (Wildman–Crippen MR) is 105 cm³/mol. The van der Waals surface area contributed by atoms with Gasteiger partial charge in [0.25, 0.3) is 5.56 Å². The fourth-order valence-electron chi connectivity index (χ4n) is 3.10. The Morgan fingerprint density at radius 1 is 1.32 bits per heavy atom. The lowest BCUT2D eigenvalue weighted by Crippen LogP contribution is -2.09. The number of benzene rings is 1. The quantitative estimate of drug-likeness (QED) is 0.499. The van der Waals surface area contributed by atoms with Crippen LogP contribution in [0.1, 0.15) is 29.3 Å². The molecule has 0 saturated heterocycles. The van der Waals surface area contributed by atoms with Crippen LogP contribution in [0.5, 0.6) is 5.75 Å². The average molecular weight is 397 g/mol. The number of halogens is 1. The van der Waals surface area contributed by atoms with Crippen molar-refractivity contribution in [3.63, 3.8) is 0 Å². The van der Waals surface area contributed by atoms with Crippen molar-refractivity contribution in [3.05, 3.63) is 69.2 Å². The number of aromatic hydroxyl groups is 1. The van der Waals surface area contributed by atoms with Crippen LogP contribution in [0.15, 0.2) is 46.7 Å². The third kappa shape index (κ3) is 3.11. The van der Waals surface area contributed by atoms with E-state index in [1.807, 2.05) is 11.5 Å². The number of aromatic nitrogens is 3. The van der Waals surface area contributed by atoms with Crippen LogP contribution in [0, 0.1) is 5.82 Å². The van der Waals surface area contributed by atoms with E-state index in [0.29, 0.717) is 28.3 Å². The molecule has 0 aliphatic rings. The first-order chi connectivity index (χ1) is 13.5. The molecule has 0 fully saturated rings. The second kappa shape index (κ2) is 7.05. The Morgan fingerprint density at radius 3 is 2.93 bits per heavy atom. The summed E-state index contributed by atoms with van der Waals surface area (Å²) < 4.78 is 15.9. The normalized spacial score (nSPS) is 11.2. The van der Waals surface area contributed by atoms with Crippen LogP contribution < -0.4 is 5.56 Å². The standard InChI is InChI=1S/C20H16FN3O3S/c1-2-6-24-10-11(17(26)13-9-12(21)3-4-16(13)25)8-15(24)19-22-14-5-7-28-18(14)20(27)23-19/h3-5,7-10,25H,2,6H2,1H3,(H,22,23,27). The lowest BCUT2D eigenvalue weighted by molar-refractivity contribution is 0.103. The lowest BCUT2D eigenvalue weighted by Gasteiger charge is -2.06. The zero-order valence-electron chi connectivity index (χ0n) is 14.9. The minimum atomic E-state index is -0.608. The van der Waals surface area contributed by atoms with Gasteiger partial charge in [-0.2, -0.15) is 0 Å². The number of carbonyl (C=O) groups excluding carboxylic acids is 1. The number of thiophene rings is 1. The Hall–Kier alpha value is -3.26. The largest absolute Gasteiger partial charge is 0.507 e. The van der Waals surface area contributed by atoms with Gasteiger partial charge < -0.3 is 14.7 Å². The fraction of sp³-hybridized carbons (Fsp3) is 0.150. The summed E-state index contributed by atoms with van der Waals surface area (Å²) in [4.78, 5) is 32.4. The highest BCUT2D eigenvalue weighted by atomic mass is 32.1. The van der Waals surface area contributed by atoms with E-state index in [1.165, 1.54) is 11.3 Å². The highest BCUT2D eigenvalue weighted by Gasteiger charge is 2.20. The van der Waals surface area contributed by atoms with Gasteiger partial charge in [0.05, 0.1) is 16.8 Å². The van der Waals surface area contributed by atoms with Crippen LogP contribution >= 0.6 is 11.3 Å². The number of aryl methyl sites for hydroxylation is 1. The van der Waals surface area contributed by atoms with E-state index < -0.39 is 11.6 Å². The molecule has 142 valence electrons. The van der Waals surface area contributed by atoms with Crippen LogP contribution in [-0.4, -0.2) is 25.4 Å². The molecular formula is C20H16FN3O3S. The average Bonchev–Trinajstić information content (AvgIpc) is 3.30. The first-order valence-corrected chi connectivity index (χ1v) is 9.57. The summed E-state index contributed by atoms with van der Waals surface area (Å²) in [5.74, 6) is -1.05. The monoisotopic (exact) mass is 397 g/mol. The highest BCUT2D eigenvalue weighted by molar-refractivity contribution is 7.17. The number of nitrogens with one attached hydrogen (secondary N) is 1. The number of phenolic OH excluding ortho intramolecular Hbond substituents is 1. The molecule has 1 aromatic carbocycles. The Labute approximate surface area is 162 Å². The molecule has 0 unspecified atom stereocenters. The fourth-order valence-corrected chi connectivity index (χ4v) is 3.82. The SMILES string of the molecule is CCCn1cc(C(=O)c2cc(F)ccc2O)cc1-c1nc2ccsc2c(=O)[nH]1. The zero-order chi connectivity index (χ0) is 19.8. The molecule has 0 radical (unpaired) electrons. The van der Waals surface area contributed by atoms with E-state index in [1.54, 1.807) is 23.7 Å². The van der Waals surface area contributed by atoms with Crippen molar-refractivity contribution in [3.8, 4) is 17.3 Å². The van der Waals surface area contributed by atoms with E-state index >= 15 is 0 Å². The van der Waals surface area contributed by atoms with Crippen molar-refractivity contribution in [2.45, 2.75) is 19.9 Å². The van der Waals surface area contributed by atoms with Crippen LogP contribution in [0.3, 0.4) is 0 Å². The minimum absolute atomic E-state index is 0.116. The van der Waals surface area contributed by atoms with Gasteiger partial charge in [-0.05, 0) is 42.1 Å². The van der Waals surface area contributed by atoms with Crippen LogP contribution in [0.2, 0.25) is 0 Å². The van der Waals surface area contributed by atoms with Crippen molar-refractivity contribution >= 4 is 27.3 Å². The first-order valence-electron chi connectivity index (χ1n) is 8.69. The number of H-pyrrole nitrogens is 1. The topological polar surface area (TPSA) is 88.0 Å². The van der Waals surface area contributed by atoms with Crippen molar-refractivity contribution in [1.29, 1.82) is 0 Å². The molecule has 3 aromatic heterocycles. The molecule has 0 amide bonds. The molecule has 2 N–H and O–H groups in total. The second-order valence-corrected chi connectivity index (χ2v) is 7.26. The number of nitrogens with zero attached hydrogens (tertiary/aromatic N) is 2. The van der Waals surface area contributed by atoms with Gasteiger partial charge in [0.1, 0.15) is 16.3 Å². The summed E-state index contributed by atoms with van der Waals surface area (Å²) in [6.07, 6.45) is 2.43. The maximum absolute atomic E-state index is 13.5. The third-order valence-electron chi connectivity index (χ3n) is 4.38. The van der Waals surface area contributed by atoms with Gasteiger partial charge in [-0.3, -0.25) is 9.59 Å². The molecule has 6 nitrogen and oxygen atoms in total. The Bertz CT molecular complexity index is 1260. The molecule has 4 rings (SSSR count). The lowest BCUT2D eigenvalue weighted by atomic mass is 10.0. The second-order valence-electron chi connectivity index (χ2n) is 6.35. The minimum Gasteiger partial charge on any atom is -0.507 e. The summed E-state index contributed by atoms with van der Waals surface area (Å²) in [7, 11) is 0. The number of fused-ring (bicyclic) bond motifs is 1. The molecule has 0 aliphatic carbocycles. The van der Waals surface area contributed by atoms with Gasteiger partial charge in [-0.25, -0.2) is 9.37 Å². The number of aromatic amines is 1. The Morgan fingerprint density at radius 2 is 2.14 bits per heavy atom. The number of hydrogen-bond acceptors (Lipinski definition) is 5. The van der Waals surface area contributed by atoms with E-state index in [-0.39, 0.29) is 22.4 Å². The molecule has 3 heterocycles. The van der Waals surface area contributed by atoms with Gasteiger partial charge in [-0.15, -0.1) is 11.3 Å². The van der Waals surface area contributed by atoms with Crippen LogP contribution in [0.4, 0.5) is 4.39 Å². The maximum atomic E-state index is 13.5. The van der Waals surface area contributed by atoms with Crippen molar-refractivity contribution in [1.82, 2.24) is 14.5 Å². The van der Waals surface area contributed by atoms with Crippen molar-refractivity contribution in [2.24, 2.45) is 0 Å². The zero-order valence-corrected chi connectivity index (χ0v) is 15.7. The maximum Gasteiger partial charge on any atom is 0.269 e. The van der Waals surface area contributed by atoms with Crippen molar-refractivity contribution in [2.75, 3.05) is 0 Å². The summed E-state index contributed by atoms with van der Waals surface area (Å²) in [6, 6.07) is 6.61. The third-order valence-corrected chi connectivity index (χ3v) is 5.29. The molecule has 0 saturated carbocycles. The molecule has 0 atom stereocenters. The van der Waals surface area contributed by atoms with Gasteiger partial charge in [-0.1, -0.05) is 6.92 Å². The molecule has 0 spiro atoms. The van der Waals surface area contributed by atoms with Crippen LogP contribution in [-0.2, 0) is 6.54 Å². The number of phenols is 1. The highest BCUT2D eigenvalue weighted by Crippen LogP contribution is 2.26. The van der Waals surface area contributed by atoms with E-state index in [0.717, 1.165) is 24.6 Å². The number of carbonyl (C=O) groups is 1. The van der Waals surface area contributed by atoms with Crippen molar-refractivity contribution < 1.29 is 14.3 Å². The molecule has 0 bridgehead atoms. The Kier molecular flexibility index (Phi) is 4.56. The Balaban J connectivity index is 1.84. The number of hydrogen-bond donors (Lipinski definition) is 2. The summed E-state index contributed by atoms with van der Waals surface area (Å²) in [5, 5.41) is 11.7. The van der Waals surface area contributed by atoms with Gasteiger partial charge in [0, 0.05) is 18.3 Å². The smallest absolute Gasteiger partial charge is 0.269 e. The number of rotatable bonds is 5. The molecule has 0 aliphatic heterocycles. The van der Waals surface area contributed by atoms with E-state index in [4.69, 9.17) is 0 Å². The first kappa shape index (κ1) is 18.1. The van der Waals surface area contributed by atoms with Gasteiger partial charge in [0.2, 0.25) is 0 Å². The predicted octanol–water partition coefficient (Wildman–Crippen LogP) is 3.94. The molecular weight excluding hydrogens is 381 g/mol. The summed E-state index contributed by atoms with van der Waals surface area (Å²) >= 11 is 1.31. The number of ketones is 1. The molecule has 28 heavy (non-hydrogen) atoms. The van der Waals surface area contributed by atoms with Crippen LogP contribution in [0.25, 0.3) is 21.7 Å². The van der Waals surface area contributed by atoms with Gasteiger partial charge in [0.15, 0.2) is 11.6 Å². The molecule has 8 heteroatoms. The summed E-state index contributed by atoms with van der Waals surface area (Å²) in [6.45, 7) is 2.59. The van der Waals surface area contributed by atoms with E-state index in [9.17, 15) is 19.1 Å².